The summed E-state index contributed by atoms with van der Waals surface area (Å²) >= 11 is 0. The van der Waals surface area contributed by atoms with Crippen molar-refractivity contribution in [3.8, 4) is 12.3 Å². The fourth-order valence-corrected chi connectivity index (χ4v) is 3.98. The number of nitrogen functional groups attached to an aromatic ring is 1. The highest BCUT2D eigenvalue weighted by atomic mass is 16.6. The van der Waals surface area contributed by atoms with E-state index in [1.165, 1.54) is 12.1 Å². The Hall–Kier alpha value is -5.17. The zero-order valence-electron chi connectivity index (χ0n) is 20.0. The number of nitrogens with one attached hydrogen (secondary N) is 2. The number of non-ortho nitro benzene ring substituents is 1. The molecule has 1 aromatic heterocycles. The predicted octanol–water partition coefficient (Wildman–Crippen LogP) is 3.29. The van der Waals surface area contributed by atoms with Crippen molar-refractivity contribution < 1.29 is 9.72 Å². The number of amides is 1. The highest BCUT2D eigenvalue weighted by Crippen LogP contribution is 2.24. The molecule has 0 atom stereocenters. The number of nitrogens with two attached hydrogens (primary N) is 1. The van der Waals surface area contributed by atoms with E-state index >= 15 is 0 Å². The Balaban J connectivity index is 1.51. The van der Waals surface area contributed by atoms with E-state index in [9.17, 15) is 19.7 Å². The van der Waals surface area contributed by atoms with Crippen LogP contribution in [0.3, 0.4) is 0 Å². The van der Waals surface area contributed by atoms with Gasteiger partial charge in [0.25, 0.3) is 17.2 Å². The highest BCUT2D eigenvalue weighted by Gasteiger charge is 2.15. The fourth-order valence-electron chi connectivity index (χ4n) is 3.98. The topological polar surface area (TPSA) is 147 Å². The molecule has 0 bridgehead atoms. The average molecular weight is 497 g/mol. The van der Waals surface area contributed by atoms with Gasteiger partial charge in [-0.3, -0.25) is 19.7 Å². The van der Waals surface area contributed by atoms with Gasteiger partial charge >= 0.3 is 0 Å². The Kier molecular flexibility index (Phi) is 7.16. The zero-order chi connectivity index (χ0) is 26.5. The minimum atomic E-state index is -0.488. The number of aryl methyl sites for hydroxylation is 1. The van der Waals surface area contributed by atoms with Gasteiger partial charge in [0, 0.05) is 36.6 Å². The van der Waals surface area contributed by atoms with E-state index < -0.39 is 10.8 Å². The maximum Gasteiger partial charge on any atom is 0.269 e. The number of anilines is 2. The third kappa shape index (κ3) is 5.74. The number of carbonyl (C=O) groups excluding carboxylic acids is 1. The minimum absolute atomic E-state index is 0.0494. The Bertz CT molecular complexity index is 1610. The first-order valence-electron chi connectivity index (χ1n) is 11.3. The minimum Gasteiger partial charge on any atom is -0.398 e. The van der Waals surface area contributed by atoms with Gasteiger partial charge in [-0.15, -0.1) is 6.42 Å². The first kappa shape index (κ1) is 24.9. The lowest BCUT2D eigenvalue weighted by Crippen LogP contribution is -2.25. The molecule has 1 heterocycles. The fraction of sp³-hybridized carbons (Fsp3) is 0.148. The molecule has 3 aromatic carbocycles. The molecule has 0 radical (unpaired) electrons. The van der Waals surface area contributed by atoms with Crippen LogP contribution in [0.1, 0.15) is 27.3 Å². The largest absolute Gasteiger partial charge is 0.398 e. The van der Waals surface area contributed by atoms with Crippen LogP contribution in [0.4, 0.5) is 17.1 Å². The number of hydrogen-bond donors (Lipinski definition) is 3. The molecule has 10 nitrogen and oxygen atoms in total. The zero-order valence-corrected chi connectivity index (χ0v) is 20.0. The van der Waals surface area contributed by atoms with Crippen LogP contribution in [0.15, 0.2) is 65.5 Å². The molecule has 0 unspecified atom stereocenters. The second kappa shape index (κ2) is 10.6. The monoisotopic (exact) mass is 496 g/mol. The predicted molar refractivity (Wildman–Crippen MR) is 142 cm³/mol. The molecular formula is C27H24N6O4. The van der Waals surface area contributed by atoms with Gasteiger partial charge in [-0.2, -0.15) is 0 Å². The van der Waals surface area contributed by atoms with Crippen molar-refractivity contribution in [3.63, 3.8) is 0 Å². The van der Waals surface area contributed by atoms with Gasteiger partial charge in [0.1, 0.15) is 5.82 Å². The van der Waals surface area contributed by atoms with E-state index in [1.54, 1.807) is 49.4 Å². The van der Waals surface area contributed by atoms with Crippen molar-refractivity contribution in [2.24, 2.45) is 0 Å². The number of hydrogen-bond acceptors (Lipinski definition) is 7. The van der Waals surface area contributed by atoms with Crippen molar-refractivity contribution >= 4 is 33.9 Å². The first-order valence-corrected chi connectivity index (χ1v) is 11.3. The molecule has 4 aromatic rings. The standard InChI is InChI=1S/C27H24N6O4/c1-3-11-32(16-19-7-10-25-23(13-19)27(35)31-17(2)30-25)20-8-9-22(24(28)14-20)26(34)29-15-18-5-4-6-21(12-18)33(36)37/h1,4-10,12-14H,11,15-16,28H2,2H3,(H,29,34)(H,30,31,35). The normalized spacial score (nSPS) is 10.6. The third-order valence-electron chi connectivity index (χ3n) is 5.76. The Morgan fingerprint density at radius 3 is 2.73 bits per heavy atom. The maximum atomic E-state index is 12.7. The molecule has 4 N–H and O–H groups in total. The van der Waals surface area contributed by atoms with E-state index in [0.29, 0.717) is 34.5 Å². The number of nitro groups is 1. The van der Waals surface area contributed by atoms with Gasteiger partial charge < -0.3 is 20.9 Å². The summed E-state index contributed by atoms with van der Waals surface area (Å²) in [7, 11) is 0. The van der Waals surface area contributed by atoms with Gasteiger partial charge in [-0.25, -0.2) is 4.98 Å². The van der Waals surface area contributed by atoms with Crippen molar-refractivity contribution in [1.82, 2.24) is 15.3 Å². The number of terminal acetylenes is 1. The summed E-state index contributed by atoms with van der Waals surface area (Å²) < 4.78 is 0. The van der Waals surface area contributed by atoms with E-state index in [2.05, 4.69) is 21.2 Å². The van der Waals surface area contributed by atoms with Gasteiger partial charge in [0.05, 0.1) is 27.9 Å². The van der Waals surface area contributed by atoms with Crippen LogP contribution in [0.5, 0.6) is 0 Å². The summed E-state index contributed by atoms with van der Waals surface area (Å²) in [6, 6.07) is 16.5. The number of benzene rings is 3. The Morgan fingerprint density at radius 2 is 2.00 bits per heavy atom. The first-order chi connectivity index (χ1) is 17.7. The summed E-state index contributed by atoms with van der Waals surface area (Å²) in [5.41, 5.74) is 9.25. The molecule has 0 saturated heterocycles. The van der Waals surface area contributed by atoms with Crippen LogP contribution < -0.4 is 21.5 Å². The maximum absolute atomic E-state index is 12.7. The van der Waals surface area contributed by atoms with Crippen LogP contribution in [0.2, 0.25) is 0 Å². The number of nitrogens with zero attached hydrogens (tertiary/aromatic N) is 3. The number of aromatic nitrogens is 2. The lowest BCUT2D eigenvalue weighted by molar-refractivity contribution is -0.384. The van der Waals surface area contributed by atoms with Crippen molar-refractivity contribution in [2.45, 2.75) is 20.0 Å². The highest BCUT2D eigenvalue weighted by molar-refractivity contribution is 5.99. The smallest absolute Gasteiger partial charge is 0.269 e. The molecular weight excluding hydrogens is 472 g/mol. The van der Waals surface area contributed by atoms with E-state index in [0.717, 1.165) is 5.56 Å². The number of nitro benzene ring substituents is 1. The summed E-state index contributed by atoms with van der Waals surface area (Å²) in [6.07, 6.45) is 5.60. The number of carbonyl (C=O) groups is 1. The quantitative estimate of drug-likeness (QED) is 0.147. The summed E-state index contributed by atoms with van der Waals surface area (Å²) in [5, 5.41) is 14.2. The van der Waals surface area contributed by atoms with Gasteiger partial charge in [-0.05, 0) is 48.4 Å². The second-order valence-corrected chi connectivity index (χ2v) is 8.44. The molecule has 0 saturated carbocycles. The molecule has 10 heteroatoms. The Labute approximate surface area is 212 Å². The van der Waals surface area contributed by atoms with Crippen molar-refractivity contribution in [1.29, 1.82) is 0 Å². The van der Waals surface area contributed by atoms with Gasteiger partial charge in [0.15, 0.2) is 0 Å². The van der Waals surface area contributed by atoms with Crippen LogP contribution in [-0.4, -0.2) is 27.3 Å². The van der Waals surface area contributed by atoms with Gasteiger partial charge in [0.2, 0.25) is 0 Å². The number of aromatic amines is 1. The molecule has 0 aliphatic carbocycles. The average Bonchev–Trinajstić information content (AvgIpc) is 2.87. The molecule has 1 amide bonds. The number of rotatable bonds is 8. The molecule has 0 spiro atoms. The summed E-state index contributed by atoms with van der Waals surface area (Å²) in [4.78, 5) is 44.5. The second-order valence-electron chi connectivity index (χ2n) is 8.44. The molecule has 4 rings (SSSR count). The van der Waals surface area contributed by atoms with Crippen LogP contribution in [0, 0.1) is 29.4 Å². The molecule has 0 aliphatic rings. The Morgan fingerprint density at radius 1 is 1.19 bits per heavy atom. The third-order valence-corrected chi connectivity index (χ3v) is 5.76. The number of H-pyrrole nitrogens is 1. The summed E-state index contributed by atoms with van der Waals surface area (Å²) in [5.74, 6) is 2.77. The molecule has 0 fully saturated rings. The number of fused-ring (bicyclic) bond motifs is 1. The van der Waals surface area contributed by atoms with Crippen LogP contribution in [-0.2, 0) is 13.1 Å². The van der Waals surface area contributed by atoms with Crippen molar-refractivity contribution in [3.05, 3.63) is 104 Å². The molecule has 37 heavy (non-hydrogen) atoms. The SMILES string of the molecule is C#CCN(Cc1ccc2nc(C)[nH]c(=O)c2c1)c1ccc(C(=O)NCc2cccc([N+](=O)[O-])c2)c(N)c1. The molecule has 0 aliphatic heterocycles. The van der Waals surface area contributed by atoms with Gasteiger partial charge in [-0.1, -0.05) is 24.1 Å². The lowest BCUT2D eigenvalue weighted by Gasteiger charge is -2.23. The summed E-state index contributed by atoms with van der Waals surface area (Å²) in [6.45, 7) is 2.52. The lowest BCUT2D eigenvalue weighted by atomic mass is 10.1. The van der Waals surface area contributed by atoms with Crippen LogP contribution in [0.25, 0.3) is 10.9 Å². The van der Waals surface area contributed by atoms with Crippen LogP contribution >= 0.6 is 0 Å². The van der Waals surface area contributed by atoms with E-state index in [4.69, 9.17) is 12.2 Å². The molecule has 186 valence electrons. The van der Waals surface area contributed by atoms with E-state index in [1.807, 2.05) is 11.0 Å². The van der Waals surface area contributed by atoms with E-state index in [-0.39, 0.29) is 35.6 Å². The van der Waals surface area contributed by atoms with Crippen molar-refractivity contribution in [2.75, 3.05) is 17.2 Å².